The average Bonchev–Trinajstić information content (AvgIpc) is 2.40. The van der Waals surface area contributed by atoms with Crippen molar-refractivity contribution in [2.75, 3.05) is 32.1 Å². The fourth-order valence-electron chi connectivity index (χ4n) is 1.84. The van der Waals surface area contributed by atoms with Gasteiger partial charge in [0.05, 0.1) is 17.5 Å². The quantitative estimate of drug-likeness (QED) is 0.626. The van der Waals surface area contributed by atoms with Crippen LogP contribution in [-0.4, -0.2) is 41.3 Å². The van der Waals surface area contributed by atoms with Crippen LogP contribution in [0.2, 0.25) is 0 Å². The van der Waals surface area contributed by atoms with Crippen LogP contribution in [-0.2, 0) is 14.8 Å². The molecular formula is C13H23N3O3S. The van der Waals surface area contributed by atoms with Gasteiger partial charge in [0, 0.05) is 19.3 Å². The first kappa shape index (κ1) is 16.9. The van der Waals surface area contributed by atoms with Crippen molar-refractivity contribution in [1.82, 2.24) is 4.72 Å². The van der Waals surface area contributed by atoms with Gasteiger partial charge in [0.15, 0.2) is 0 Å². The molecule has 1 atom stereocenters. The van der Waals surface area contributed by atoms with Crippen LogP contribution in [0.25, 0.3) is 0 Å². The molecule has 0 fully saturated rings. The Morgan fingerprint density at radius 2 is 1.95 bits per heavy atom. The Morgan fingerprint density at radius 1 is 1.30 bits per heavy atom. The molecule has 1 aromatic rings. The highest BCUT2D eigenvalue weighted by Gasteiger charge is 2.13. The van der Waals surface area contributed by atoms with Gasteiger partial charge in [0.25, 0.3) is 0 Å². The maximum atomic E-state index is 11.8. The molecule has 6 nitrogen and oxygen atoms in total. The van der Waals surface area contributed by atoms with Crippen LogP contribution in [0.4, 0.5) is 5.69 Å². The Bertz CT molecular complexity index is 482. The summed E-state index contributed by atoms with van der Waals surface area (Å²) in [6, 6.07) is 6.74. The summed E-state index contributed by atoms with van der Waals surface area (Å²) in [6.45, 7) is 3.23. The van der Waals surface area contributed by atoms with Gasteiger partial charge in [0.2, 0.25) is 10.0 Å². The van der Waals surface area contributed by atoms with Gasteiger partial charge in [-0.3, -0.25) is 0 Å². The first-order valence-electron chi connectivity index (χ1n) is 6.58. The molecule has 0 spiro atoms. The van der Waals surface area contributed by atoms with Crippen LogP contribution in [0.1, 0.15) is 13.3 Å². The summed E-state index contributed by atoms with van der Waals surface area (Å²) in [5.74, 6) is 0. The van der Waals surface area contributed by atoms with E-state index in [4.69, 9.17) is 10.5 Å². The van der Waals surface area contributed by atoms with Crippen molar-refractivity contribution in [2.24, 2.45) is 5.73 Å². The molecule has 0 aliphatic carbocycles. The molecular weight excluding hydrogens is 278 g/mol. The number of nitrogens with two attached hydrogens (primary N) is 1. The molecule has 0 aromatic heterocycles. The number of hydrogen-bond donors (Lipinski definition) is 3. The van der Waals surface area contributed by atoms with Crippen LogP contribution in [0, 0.1) is 0 Å². The topological polar surface area (TPSA) is 93.5 Å². The van der Waals surface area contributed by atoms with Gasteiger partial charge in [-0.15, -0.1) is 0 Å². The van der Waals surface area contributed by atoms with Crippen molar-refractivity contribution in [2.45, 2.75) is 24.3 Å². The number of rotatable bonds is 9. The molecule has 0 heterocycles. The zero-order chi connectivity index (χ0) is 15.0. The van der Waals surface area contributed by atoms with Gasteiger partial charge in [-0.1, -0.05) is 6.92 Å². The number of sulfonamides is 1. The Hall–Kier alpha value is -1.15. The maximum absolute atomic E-state index is 11.8. The molecule has 0 radical (unpaired) electrons. The fourth-order valence-corrected chi connectivity index (χ4v) is 2.88. The minimum absolute atomic E-state index is 0.112. The third-order valence-electron chi connectivity index (χ3n) is 2.75. The van der Waals surface area contributed by atoms with Crippen molar-refractivity contribution in [1.29, 1.82) is 0 Å². The van der Waals surface area contributed by atoms with E-state index in [2.05, 4.69) is 10.0 Å². The van der Waals surface area contributed by atoms with Gasteiger partial charge >= 0.3 is 0 Å². The van der Waals surface area contributed by atoms with E-state index in [0.29, 0.717) is 19.7 Å². The van der Waals surface area contributed by atoms with E-state index in [0.717, 1.165) is 12.1 Å². The van der Waals surface area contributed by atoms with Crippen LogP contribution in [0.5, 0.6) is 0 Å². The minimum atomic E-state index is -3.40. The van der Waals surface area contributed by atoms with Crippen molar-refractivity contribution >= 4 is 15.7 Å². The number of benzene rings is 1. The average molecular weight is 301 g/mol. The SMILES string of the molecule is CCNS(=O)(=O)c1ccc(NC(CCN)COC)cc1. The Labute approximate surface area is 120 Å². The van der Waals surface area contributed by atoms with Crippen molar-refractivity contribution in [3.63, 3.8) is 0 Å². The summed E-state index contributed by atoms with van der Waals surface area (Å²) < 4.78 is 31.2. The Morgan fingerprint density at radius 3 is 2.45 bits per heavy atom. The first-order valence-corrected chi connectivity index (χ1v) is 8.07. The van der Waals surface area contributed by atoms with E-state index in [1.807, 2.05) is 0 Å². The molecule has 4 N–H and O–H groups in total. The summed E-state index contributed by atoms with van der Waals surface area (Å²) in [5, 5.41) is 3.27. The molecule has 7 heteroatoms. The molecule has 114 valence electrons. The zero-order valence-corrected chi connectivity index (χ0v) is 12.7. The number of anilines is 1. The van der Waals surface area contributed by atoms with Gasteiger partial charge in [-0.25, -0.2) is 13.1 Å². The van der Waals surface area contributed by atoms with Crippen LogP contribution >= 0.6 is 0 Å². The molecule has 0 saturated heterocycles. The maximum Gasteiger partial charge on any atom is 0.240 e. The van der Waals surface area contributed by atoms with E-state index in [-0.39, 0.29) is 10.9 Å². The number of hydrogen-bond acceptors (Lipinski definition) is 5. The van der Waals surface area contributed by atoms with Gasteiger partial charge < -0.3 is 15.8 Å². The summed E-state index contributed by atoms with van der Waals surface area (Å²) in [6.07, 6.45) is 0.783. The summed E-state index contributed by atoms with van der Waals surface area (Å²) in [4.78, 5) is 0.256. The standard InChI is InChI=1S/C13H23N3O3S/c1-3-15-20(17,18)13-6-4-11(5-7-13)16-12(8-9-14)10-19-2/h4-7,12,15-16H,3,8-10,14H2,1-2H3. The van der Waals surface area contributed by atoms with Gasteiger partial charge in [-0.2, -0.15) is 0 Å². The number of ether oxygens (including phenoxy) is 1. The van der Waals surface area contributed by atoms with E-state index in [9.17, 15) is 8.42 Å². The molecule has 0 aliphatic rings. The summed E-state index contributed by atoms with van der Waals surface area (Å²) in [5.41, 5.74) is 6.39. The van der Waals surface area contributed by atoms with Crippen molar-refractivity contribution in [3.05, 3.63) is 24.3 Å². The van der Waals surface area contributed by atoms with Gasteiger partial charge in [0.1, 0.15) is 0 Å². The predicted octanol–water partition coefficient (Wildman–Crippen LogP) is 0.761. The monoisotopic (exact) mass is 301 g/mol. The molecule has 0 bridgehead atoms. The molecule has 1 aromatic carbocycles. The van der Waals surface area contributed by atoms with Crippen LogP contribution in [0.15, 0.2) is 29.2 Å². The third-order valence-corrected chi connectivity index (χ3v) is 4.31. The van der Waals surface area contributed by atoms with Crippen LogP contribution < -0.4 is 15.8 Å². The first-order chi connectivity index (χ1) is 9.53. The van der Waals surface area contributed by atoms with E-state index in [1.165, 1.54) is 0 Å². The summed E-state index contributed by atoms with van der Waals surface area (Å²) >= 11 is 0. The predicted molar refractivity (Wildman–Crippen MR) is 80.3 cm³/mol. The molecule has 0 saturated carbocycles. The van der Waals surface area contributed by atoms with E-state index < -0.39 is 10.0 Å². The highest BCUT2D eigenvalue weighted by Crippen LogP contribution is 2.15. The van der Waals surface area contributed by atoms with Gasteiger partial charge in [-0.05, 0) is 37.2 Å². The molecule has 0 amide bonds. The lowest BCUT2D eigenvalue weighted by molar-refractivity contribution is 0.183. The highest BCUT2D eigenvalue weighted by molar-refractivity contribution is 7.89. The third kappa shape index (κ3) is 5.09. The lowest BCUT2D eigenvalue weighted by Gasteiger charge is -2.18. The minimum Gasteiger partial charge on any atom is -0.383 e. The van der Waals surface area contributed by atoms with Crippen molar-refractivity contribution in [3.8, 4) is 0 Å². The normalized spacial score (nSPS) is 13.2. The second-order valence-corrected chi connectivity index (χ2v) is 6.17. The molecule has 1 unspecified atom stereocenters. The lowest BCUT2D eigenvalue weighted by Crippen LogP contribution is -2.28. The summed E-state index contributed by atoms with van der Waals surface area (Å²) in [7, 11) is -1.76. The largest absolute Gasteiger partial charge is 0.383 e. The van der Waals surface area contributed by atoms with E-state index >= 15 is 0 Å². The van der Waals surface area contributed by atoms with E-state index in [1.54, 1.807) is 38.3 Å². The lowest BCUT2D eigenvalue weighted by atomic mass is 10.2. The highest BCUT2D eigenvalue weighted by atomic mass is 32.2. The zero-order valence-electron chi connectivity index (χ0n) is 11.9. The second-order valence-electron chi connectivity index (χ2n) is 4.40. The van der Waals surface area contributed by atoms with Crippen LogP contribution in [0.3, 0.4) is 0 Å². The second kappa shape index (κ2) is 8.21. The number of nitrogens with one attached hydrogen (secondary N) is 2. The Kier molecular flexibility index (Phi) is 6.94. The molecule has 1 rings (SSSR count). The van der Waals surface area contributed by atoms with Crippen molar-refractivity contribution < 1.29 is 13.2 Å². The number of methoxy groups -OCH3 is 1. The Balaban J connectivity index is 2.75. The molecule has 0 aliphatic heterocycles. The molecule has 20 heavy (non-hydrogen) atoms. The fraction of sp³-hybridized carbons (Fsp3) is 0.538. The smallest absolute Gasteiger partial charge is 0.240 e.